The maximum absolute atomic E-state index is 13.6. The minimum Gasteiger partial charge on any atom is -0.487 e. The molecule has 1 saturated carbocycles. The Labute approximate surface area is 183 Å². The van der Waals surface area contributed by atoms with Gasteiger partial charge < -0.3 is 4.74 Å². The average Bonchev–Trinajstić information content (AvgIpc) is 3.55. The zero-order chi connectivity index (χ0) is 20.7. The lowest BCUT2D eigenvalue weighted by atomic mass is 10.1. The first-order chi connectivity index (χ1) is 14.5. The first-order valence-electron chi connectivity index (χ1n) is 10.7. The molecule has 0 amide bonds. The van der Waals surface area contributed by atoms with Gasteiger partial charge in [-0.25, -0.2) is 8.42 Å². The van der Waals surface area contributed by atoms with Crippen molar-refractivity contribution in [3.8, 4) is 5.75 Å². The largest absolute Gasteiger partial charge is 0.487 e. The number of para-hydroxylation sites is 1. The fourth-order valence-corrected chi connectivity index (χ4v) is 6.74. The summed E-state index contributed by atoms with van der Waals surface area (Å²) in [6.45, 7) is 3.12. The number of fused-ring (bicyclic) bond motifs is 2. The molecule has 0 spiro atoms. The molecule has 0 bridgehead atoms. The predicted molar refractivity (Wildman–Crippen MR) is 117 cm³/mol. The summed E-state index contributed by atoms with van der Waals surface area (Å²) in [7, 11) is -3.57. The van der Waals surface area contributed by atoms with Gasteiger partial charge in [0.25, 0.3) is 0 Å². The fraction of sp³-hybridized carbons (Fsp3) is 0.478. The third kappa shape index (κ3) is 4.11. The second kappa shape index (κ2) is 8.15. The topological polar surface area (TPSA) is 49.9 Å². The van der Waals surface area contributed by atoms with Crippen molar-refractivity contribution < 1.29 is 13.2 Å². The number of rotatable bonds is 4. The Morgan fingerprint density at radius 3 is 2.60 bits per heavy atom. The summed E-state index contributed by atoms with van der Waals surface area (Å²) < 4.78 is 35.3. The highest BCUT2D eigenvalue weighted by atomic mass is 35.5. The van der Waals surface area contributed by atoms with Gasteiger partial charge in [0.1, 0.15) is 16.7 Å². The standard InChI is InChI=1S/C23H27ClN2O3S/c24-19-5-3-4-18(14-19)15-25-12-10-20-21(11-13-25)29-22-6-1-2-7-23(22)30(27,28)26(20)16-17-8-9-17/h1-7,14,17,20-21H,8-13,15-16H2/t20-,21-/m0/s1. The summed E-state index contributed by atoms with van der Waals surface area (Å²) in [5.41, 5.74) is 1.18. The van der Waals surface area contributed by atoms with Crippen molar-refractivity contribution in [3.63, 3.8) is 0 Å². The molecule has 7 heteroatoms. The molecule has 3 aliphatic rings. The van der Waals surface area contributed by atoms with Gasteiger partial charge in [-0.3, -0.25) is 4.90 Å². The first kappa shape index (κ1) is 20.3. The zero-order valence-corrected chi connectivity index (χ0v) is 18.5. The van der Waals surface area contributed by atoms with Crippen LogP contribution in [-0.4, -0.2) is 49.4 Å². The van der Waals surface area contributed by atoms with Gasteiger partial charge in [-0.15, -0.1) is 0 Å². The molecule has 5 rings (SSSR count). The lowest BCUT2D eigenvalue weighted by Crippen LogP contribution is -2.48. The number of halogens is 1. The van der Waals surface area contributed by atoms with E-state index in [2.05, 4.69) is 11.0 Å². The van der Waals surface area contributed by atoms with Gasteiger partial charge in [0.2, 0.25) is 10.0 Å². The van der Waals surface area contributed by atoms with Gasteiger partial charge in [-0.2, -0.15) is 4.31 Å². The smallest absolute Gasteiger partial charge is 0.247 e. The Morgan fingerprint density at radius 1 is 1.00 bits per heavy atom. The van der Waals surface area contributed by atoms with Crippen LogP contribution in [0.2, 0.25) is 5.02 Å². The molecule has 1 saturated heterocycles. The number of likely N-dealkylation sites (tertiary alicyclic amines) is 1. The second-order valence-electron chi connectivity index (χ2n) is 8.67. The van der Waals surface area contributed by atoms with Crippen LogP contribution in [-0.2, 0) is 16.6 Å². The van der Waals surface area contributed by atoms with E-state index >= 15 is 0 Å². The van der Waals surface area contributed by atoms with Crippen LogP contribution in [0.15, 0.2) is 53.4 Å². The fourth-order valence-electron chi connectivity index (χ4n) is 4.65. The van der Waals surface area contributed by atoms with Gasteiger partial charge >= 0.3 is 0 Å². The molecular weight excluding hydrogens is 420 g/mol. The molecule has 2 aromatic carbocycles. The number of sulfonamides is 1. The van der Waals surface area contributed by atoms with Crippen LogP contribution in [0.5, 0.6) is 5.75 Å². The van der Waals surface area contributed by atoms with E-state index in [-0.39, 0.29) is 12.1 Å². The molecule has 2 atom stereocenters. The minimum atomic E-state index is -3.57. The van der Waals surface area contributed by atoms with E-state index in [0.717, 1.165) is 50.3 Å². The Balaban J connectivity index is 1.42. The van der Waals surface area contributed by atoms with Crippen LogP contribution in [0.4, 0.5) is 0 Å². The summed E-state index contributed by atoms with van der Waals surface area (Å²) in [5, 5.41) is 0.745. The van der Waals surface area contributed by atoms with Gasteiger partial charge in [-0.05, 0) is 61.4 Å². The van der Waals surface area contributed by atoms with Gasteiger partial charge in [-0.1, -0.05) is 35.9 Å². The van der Waals surface area contributed by atoms with Crippen LogP contribution in [0.25, 0.3) is 0 Å². The molecule has 0 radical (unpaired) electrons. The molecule has 0 aromatic heterocycles. The van der Waals surface area contributed by atoms with Crippen molar-refractivity contribution in [2.75, 3.05) is 19.6 Å². The molecule has 5 nitrogen and oxygen atoms in total. The summed E-state index contributed by atoms with van der Waals surface area (Å²) in [5.74, 6) is 0.977. The van der Waals surface area contributed by atoms with Crippen LogP contribution < -0.4 is 4.74 Å². The second-order valence-corrected chi connectivity index (χ2v) is 11.0. The lowest BCUT2D eigenvalue weighted by molar-refractivity contribution is 0.111. The molecule has 160 valence electrons. The summed E-state index contributed by atoms with van der Waals surface area (Å²) in [6.07, 6.45) is 3.67. The lowest BCUT2D eigenvalue weighted by Gasteiger charge is -2.31. The Morgan fingerprint density at radius 2 is 1.80 bits per heavy atom. The van der Waals surface area contributed by atoms with E-state index in [0.29, 0.717) is 23.1 Å². The molecule has 2 heterocycles. The number of benzene rings is 2. The molecule has 0 unspecified atom stereocenters. The maximum Gasteiger partial charge on any atom is 0.247 e. The van der Waals surface area contributed by atoms with Gasteiger partial charge in [0.05, 0.1) is 6.04 Å². The van der Waals surface area contributed by atoms with Crippen molar-refractivity contribution in [3.05, 3.63) is 59.1 Å². The van der Waals surface area contributed by atoms with Crippen molar-refractivity contribution in [2.24, 2.45) is 5.92 Å². The van der Waals surface area contributed by atoms with Crippen LogP contribution >= 0.6 is 11.6 Å². The maximum atomic E-state index is 13.6. The highest BCUT2D eigenvalue weighted by Gasteiger charge is 2.45. The van der Waals surface area contributed by atoms with E-state index in [1.54, 1.807) is 22.5 Å². The predicted octanol–water partition coefficient (Wildman–Crippen LogP) is 4.17. The third-order valence-electron chi connectivity index (χ3n) is 6.41. The zero-order valence-electron chi connectivity index (χ0n) is 16.9. The monoisotopic (exact) mass is 446 g/mol. The van der Waals surface area contributed by atoms with Crippen molar-refractivity contribution in [1.82, 2.24) is 9.21 Å². The van der Waals surface area contributed by atoms with Crippen LogP contribution in [0, 0.1) is 5.92 Å². The van der Waals surface area contributed by atoms with E-state index in [4.69, 9.17) is 16.3 Å². The molecule has 0 N–H and O–H groups in total. The minimum absolute atomic E-state index is 0.132. The Hall–Kier alpha value is -1.60. The number of hydrogen-bond donors (Lipinski definition) is 0. The Bertz CT molecular complexity index is 1020. The molecule has 1 aliphatic carbocycles. The Kier molecular flexibility index (Phi) is 5.52. The van der Waals surface area contributed by atoms with Gasteiger partial charge in [0.15, 0.2) is 0 Å². The van der Waals surface area contributed by atoms with Gasteiger partial charge in [0, 0.05) is 31.2 Å². The molecule has 2 aromatic rings. The van der Waals surface area contributed by atoms with E-state index in [1.807, 2.05) is 24.3 Å². The molecule has 2 fully saturated rings. The summed E-state index contributed by atoms with van der Waals surface area (Å²) in [4.78, 5) is 2.70. The van der Waals surface area contributed by atoms with Crippen molar-refractivity contribution >= 4 is 21.6 Å². The number of ether oxygens (including phenoxy) is 1. The van der Waals surface area contributed by atoms with Crippen LogP contribution in [0.1, 0.15) is 31.2 Å². The summed E-state index contributed by atoms with van der Waals surface area (Å²) >= 11 is 6.15. The van der Waals surface area contributed by atoms with Crippen LogP contribution in [0.3, 0.4) is 0 Å². The molecule has 2 aliphatic heterocycles. The van der Waals surface area contributed by atoms with Crippen molar-refractivity contribution in [1.29, 1.82) is 0 Å². The SMILES string of the molecule is O=S1(=O)c2ccccc2O[C@H]2CCN(Cc3cccc(Cl)c3)CC[C@@H]2N1CC1CC1. The number of hydrogen-bond acceptors (Lipinski definition) is 4. The highest BCUT2D eigenvalue weighted by Crippen LogP contribution is 2.40. The number of nitrogens with zero attached hydrogens (tertiary/aromatic N) is 2. The van der Waals surface area contributed by atoms with Crippen molar-refractivity contribution in [2.45, 2.75) is 49.3 Å². The molecule has 30 heavy (non-hydrogen) atoms. The van der Waals surface area contributed by atoms with E-state index in [1.165, 1.54) is 5.56 Å². The first-order valence-corrected chi connectivity index (χ1v) is 12.6. The quantitative estimate of drug-likeness (QED) is 0.707. The van der Waals surface area contributed by atoms with E-state index < -0.39 is 10.0 Å². The molecular formula is C23H27ClN2O3S. The average molecular weight is 447 g/mol. The summed E-state index contributed by atoms with van der Waals surface area (Å²) in [6, 6.07) is 14.9. The van der Waals surface area contributed by atoms with E-state index in [9.17, 15) is 8.42 Å². The highest BCUT2D eigenvalue weighted by molar-refractivity contribution is 7.89. The normalized spacial score (nSPS) is 26.7. The third-order valence-corrected chi connectivity index (χ3v) is 8.58.